The number of nitrogens with one attached hydrogen (secondary N) is 2. The molecule has 0 spiro atoms. The van der Waals surface area contributed by atoms with E-state index in [4.69, 9.17) is 0 Å². The second-order valence-electron chi connectivity index (χ2n) is 9.18. The Morgan fingerprint density at radius 3 is 2.32 bits per heavy atom. The molecule has 0 aliphatic rings. The van der Waals surface area contributed by atoms with Crippen molar-refractivity contribution in [3.63, 3.8) is 0 Å². The number of hydrogen-bond donors (Lipinski definition) is 3. The smallest absolute Gasteiger partial charge is 0.378 e. The summed E-state index contributed by atoms with van der Waals surface area (Å²) in [6.45, 7) is 3.59. The Labute approximate surface area is 219 Å². The molecule has 15 heteroatoms. The van der Waals surface area contributed by atoms with E-state index in [2.05, 4.69) is 20.8 Å². The first-order chi connectivity index (χ1) is 17.6. The molecule has 3 amide bonds. The van der Waals surface area contributed by atoms with Crippen LogP contribution in [-0.4, -0.2) is 63.7 Å². The van der Waals surface area contributed by atoms with E-state index in [9.17, 15) is 41.4 Å². The van der Waals surface area contributed by atoms with Gasteiger partial charge in [0.25, 0.3) is 5.91 Å². The van der Waals surface area contributed by atoms with Gasteiger partial charge >= 0.3 is 6.18 Å². The van der Waals surface area contributed by atoms with Crippen molar-refractivity contribution in [2.75, 3.05) is 18.4 Å². The second kappa shape index (κ2) is 13.0. The van der Waals surface area contributed by atoms with E-state index < -0.39 is 53.7 Å². The number of benzene rings is 1. The van der Waals surface area contributed by atoms with E-state index >= 15 is 0 Å². The number of aliphatic hydroxyl groups is 1. The lowest BCUT2D eigenvalue weighted by atomic mass is 9.90. The molecule has 1 aromatic carbocycles. The van der Waals surface area contributed by atoms with Crippen LogP contribution < -0.4 is 10.6 Å². The molecule has 38 heavy (non-hydrogen) atoms. The van der Waals surface area contributed by atoms with Gasteiger partial charge in [0, 0.05) is 18.0 Å². The lowest BCUT2D eigenvalue weighted by Crippen LogP contribution is -2.45. The zero-order valence-corrected chi connectivity index (χ0v) is 21.6. The molecule has 0 fully saturated rings. The summed E-state index contributed by atoms with van der Waals surface area (Å²) in [5.41, 5.74) is -1.11. The molecule has 0 aliphatic heterocycles. The minimum absolute atomic E-state index is 0.0590. The van der Waals surface area contributed by atoms with Gasteiger partial charge in [-0.2, -0.15) is 13.2 Å². The Morgan fingerprint density at radius 2 is 1.76 bits per heavy atom. The topological polar surface area (TPSA) is 125 Å². The van der Waals surface area contributed by atoms with Gasteiger partial charge in [0.1, 0.15) is 29.2 Å². The van der Waals surface area contributed by atoms with Crippen molar-refractivity contribution in [2.45, 2.75) is 63.8 Å². The highest BCUT2D eigenvalue weighted by molar-refractivity contribution is 7.15. The van der Waals surface area contributed by atoms with Crippen LogP contribution in [0.4, 0.5) is 27.1 Å². The number of alkyl halides is 3. The Bertz CT molecular complexity index is 1110. The number of carbonyl (C=O) groups excluding carboxylic acids is 3. The van der Waals surface area contributed by atoms with Crippen molar-refractivity contribution in [1.82, 2.24) is 20.4 Å². The van der Waals surface area contributed by atoms with Crippen molar-refractivity contribution in [2.24, 2.45) is 0 Å². The molecule has 0 bridgehead atoms. The highest BCUT2D eigenvalue weighted by Gasteiger charge is 2.33. The standard InChI is InChI=1S/C23H28F5N5O4S/c1-4-5-16(29-19(37)17(35)13-8-14(24)10-15(25)9-13)18(36)30-21-32-31-20(38-21)22(2,3)6-7-33(12-34)11-23(26,27)28/h8-10,12,16-17,35H,4-7,11H2,1-3H3,(H,29,37)(H,30,32,36). The largest absolute Gasteiger partial charge is 0.406 e. The third-order valence-electron chi connectivity index (χ3n) is 5.45. The Hall–Kier alpha value is -3.20. The zero-order valence-electron chi connectivity index (χ0n) is 20.8. The lowest BCUT2D eigenvalue weighted by Gasteiger charge is -2.26. The van der Waals surface area contributed by atoms with Gasteiger partial charge < -0.3 is 15.3 Å². The monoisotopic (exact) mass is 565 g/mol. The van der Waals surface area contributed by atoms with Crippen LogP contribution >= 0.6 is 11.3 Å². The Balaban J connectivity index is 2.04. The minimum Gasteiger partial charge on any atom is -0.378 e. The van der Waals surface area contributed by atoms with Crippen molar-refractivity contribution in [3.8, 4) is 0 Å². The molecule has 0 aliphatic carbocycles. The van der Waals surface area contributed by atoms with Crippen LogP contribution in [0.5, 0.6) is 0 Å². The van der Waals surface area contributed by atoms with Crippen molar-refractivity contribution < 1.29 is 41.4 Å². The van der Waals surface area contributed by atoms with Crippen LogP contribution in [0.25, 0.3) is 0 Å². The number of amides is 3. The average molecular weight is 566 g/mol. The summed E-state index contributed by atoms with van der Waals surface area (Å²) in [6.07, 6.45) is -5.57. The van der Waals surface area contributed by atoms with Gasteiger partial charge in [-0.25, -0.2) is 8.78 Å². The number of hydrogen-bond acceptors (Lipinski definition) is 7. The second-order valence-corrected chi connectivity index (χ2v) is 10.2. The number of aromatic nitrogens is 2. The van der Waals surface area contributed by atoms with Crippen LogP contribution in [-0.2, 0) is 19.8 Å². The molecule has 2 rings (SSSR count). The summed E-state index contributed by atoms with van der Waals surface area (Å²) >= 11 is 0.973. The maximum Gasteiger partial charge on any atom is 0.406 e. The molecule has 2 atom stereocenters. The van der Waals surface area contributed by atoms with Crippen molar-refractivity contribution in [3.05, 3.63) is 40.4 Å². The highest BCUT2D eigenvalue weighted by atomic mass is 32.1. The van der Waals surface area contributed by atoms with Gasteiger partial charge in [0.05, 0.1) is 0 Å². The van der Waals surface area contributed by atoms with Crippen molar-refractivity contribution in [1.29, 1.82) is 0 Å². The number of carbonyl (C=O) groups is 3. The normalized spacial score (nSPS) is 13.5. The third kappa shape index (κ3) is 9.28. The highest BCUT2D eigenvalue weighted by Crippen LogP contribution is 2.32. The van der Waals surface area contributed by atoms with Crippen LogP contribution in [0.3, 0.4) is 0 Å². The van der Waals surface area contributed by atoms with E-state index in [1.807, 2.05) is 0 Å². The van der Waals surface area contributed by atoms with Gasteiger partial charge in [-0.05, 0) is 30.5 Å². The summed E-state index contributed by atoms with van der Waals surface area (Å²) in [4.78, 5) is 36.9. The van der Waals surface area contributed by atoms with E-state index in [1.165, 1.54) is 0 Å². The summed E-state index contributed by atoms with van der Waals surface area (Å²) in [6, 6.07) is 1.05. The number of aliphatic hydroxyl groups excluding tert-OH is 1. The molecule has 9 nitrogen and oxygen atoms in total. The van der Waals surface area contributed by atoms with Gasteiger partial charge in [-0.3, -0.25) is 19.7 Å². The van der Waals surface area contributed by atoms with E-state index in [0.717, 1.165) is 23.5 Å². The summed E-state index contributed by atoms with van der Waals surface area (Å²) in [7, 11) is 0. The van der Waals surface area contributed by atoms with Crippen LogP contribution in [0.1, 0.15) is 56.7 Å². The van der Waals surface area contributed by atoms with Gasteiger partial charge in [0.15, 0.2) is 6.10 Å². The first-order valence-electron chi connectivity index (χ1n) is 11.5. The SMILES string of the molecule is CCCC(NC(=O)C(O)c1cc(F)cc(F)c1)C(=O)Nc1nnc(C(C)(C)CCN(C=O)CC(F)(F)F)s1. The van der Waals surface area contributed by atoms with Crippen LogP contribution in [0, 0.1) is 11.6 Å². The molecule has 0 radical (unpaired) electrons. The summed E-state index contributed by atoms with van der Waals surface area (Å²) in [5, 5.41) is 23.4. The van der Waals surface area contributed by atoms with Gasteiger partial charge in [0.2, 0.25) is 17.4 Å². The fourth-order valence-corrected chi connectivity index (χ4v) is 4.24. The van der Waals surface area contributed by atoms with E-state index in [1.54, 1.807) is 20.8 Å². The summed E-state index contributed by atoms with van der Waals surface area (Å²) in [5.74, 6) is -3.69. The molecule has 0 saturated carbocycles. The fourth-order valence-electron chi connectivity index (χ4n) is 3.36. The number of rotatable bonds is 13. The zero-order chi connectivity index (χ0) is 28.7. The molecule has 2 aromatic rings. The third-order valence-corrected chi connectivity index (χ3v) is 6.65. The van der Waals surface area contributed by atoms with Gasteiger partial charge in [-0.15, -0.1) is 10.2 Å². The predicted octanol–water partition coefficient (Wildman–Crippen LogP) is 3.46. The van der Waals surface area contributed by atoms with Crippen molar-refractivity contribution >= 4 is 34.7 Å². The quantitative estimate of drug-likeness (QED) is 0.253. The van der Waals surface area contributed by atoms with E-state index in [-0.39, 0.29) is 36.5 Å². The van der Waals surface area contributed by atoms with Crippen LogP contribution in [0.2, 0.25) is 0 Å². The average Bonchev–Trinajstić information content (AvgIpc) is 3.29. The molecule has 2 unspecified atom stereocenters. The molecule has 0 saturated heterocycles. The number of halogens is 5. The number of anilines is 1. The lowest BCUT2D eigenvalue weighted by molar-refractivity contribution is -0.154. The predicted molar refractivity (Wildman–Crippen MR) is 128 cm³/mol. The maximum atomic E-state index is 13.4. The first-order valence-corrected chi connectivity index (χ1v) is 12.3. The Kier molecular flexibility index (Phi) is 10.6. The molecular formula is C23H28F5N5O4S. The maximum absolute atomic E-state index is 13.4. The number of nitrogens with zero attached hydrogens (tertiary/aromatic N) is 3. The van der Waals surface area contributed by atoms with E-state index in [0.29, 0.717) is 22.4 Å². The molecule has 1 aromatic heterocycles. The van der Waals surface area contributed by atoms with Gasteiger partial charge in [-0.1, -0.05) is 38.5 Å². The molecule has 3 N–H and O–H groups in total. The fraction of sp³-hybridized carbons (Fsp3) is 0.522. The Morgan fingerprint density at radius 1 is 1.13 bits per heavy atom. The summed E-state index contributed by atoms with van der Waals surface area (Å²) < 4.78 is 64.7. The molecular weight excluding hydrogens is 537 g/mol. The first kappa shape index (κ1) is 31.0. The van der Waals surface area contributed by atoms with Crippen LogP contribution in [0.15, 0.2) is 18.2 Å². The molecule has 1 heterocycles. The molecule has 210 valence electrons. The minimum atomic E-state index is -4.53.